The van der Waals surface area contributed by atoms with Crippen molar-refractivity contribution in [3.05, 3.63) is 42.5 Å². The second-order valence-electron chi connectivity index (χ2n) is 7.68. The van der Waals surface area contributed by atoms with Crippen LogP contribution in [0, 0.1) is 0 Å². The van der Waals surface area contributed by atoms with E-state index in [0.717, 1.165) is 60.2 Å². The summed E-state index contributed by atoms with van der Waals surface area (Å²) in [7, 11) is 0. The van der Waals surface area contributed by atoms with Crippen LogP contribution in [0.3, 0.4) is 0 Å². The predicted molar refractivity (Wildman–Crippen MR) is 119 cm³/mol. The van der Waals surface area contributed by atoms with E-state index in [2.05, 4.69) is 19.9 Å². The van der Waals surface area contributed by atoms with Crippen LogP contribution in [0.15, 0.2) is 52.3 Å². The predicted octanol–water partition coefficient (Wildman–Crippen LogP) is 5.48. The average Bonchev–Trinajstić information content (AvgIpc) is 2.73. The van der Waals surface area contributed by atoms with E-state index in [1.807, 2.05) is 24.3 Å². The molecule has 4 nitrogen and oxygen atoms in total. The maximum absolute atomic E-state index is 12.7. The fourth-order valence-electron chi connectivity index (χ4n) is 4.12. The molecule has 0 aliphatic carbocycles. The van der Waals surface area contributed by atoms with Gasteiger partial charge in [0, 0.05) is 54.0 Å². The molecule has 2 aliphatic heterocycles. The Kier molecular flexibility index (Phi) is 7.21. The Morgan fingerprint density at radius 3 is 2.71 bits per heavy atom. The molecule has 2 aromatic rings. The third kappa shape index (κ3) is 5.80. The van der Waals surface area contributed by atoms with Crippen molar-refractivity contribution >= 4 is 34.7 Å². The van der Waals surface area contributed by atoms with Crippen LogP contribution >= 0.6 is 23.4 Å². The first-order valence-corrected chi connectivity index (χ1v) is 11.7. The zero-order valence-electron chi connectivity index (χ0n) is 17.0. The second kappa shape index (κ2) is 9.90. The maximum atomic E-state index is 12.7. The number of nitrogens with zero attached hydrogens (tertiary/aromatic N) is 2. The van der Waals surface area contributed by atoms with Gasteiger partial charge in [0.15, 0.2) is 0 Å². The van der Waals surface area contributed by atoms with Gasteiger partial charge < -0.3 is 19.9 Å². The highest BCUT2D eigenvalue weighted by Gasteiger charge is 2.32. The number of nitrogens with one attached hydrogen (secondary N) is 1. The molecule has 0 amide bonds. The van der Waals surface area contributed by atoms with E-state index >= 15 is 0 Å². The minimum Gasteiger partial charge on any atom is -0.406 e. The summed E-state index contributed by atoms with van der Waals surface area (Å²) in [4.78, 5) is 6.58. The Morgan fingerprint density at radius 1 is 1.10 bits per heavy atom. The van der Waals surface area contributed by atoms with E-state index in [9.17, 15) is 13.2 Å². The Labute approximate surface area is 189 Å². The molecule has 1 fully saturated rings. The minimum absolute atomic E-state index is 0.192. The van der Waals surface area contributed by atoms with Crippen molar-refractivity contribution in [2.45, 2.75) is 35.0 Å². The summed E-state index contributed by atoms with van der Waals surface area (Å²) >= 11 is 7.46. The highest BCUT2D eigenvalue weighted by Crippen LogP contribution is 2.49. The molecule has 0 spiro atoms. The van der Waals surface area contributed by atoms with Crippen molar-refractivity contribution in [1.82, 2.24) is 10.2 Å². The van der Waals surface area contributed by atoms with Crippen molar-refractivity contribution in [2.24, 2.45) is 0 Å². The van der Waals surface area contributed by atoms with Crippen LogP contribution in [0.25, 0.3) is 0 Å². The van der Waals surface area contributed by atoms with E-state index in [1.54, 1.807) is 17.8 Å². The zero-order valence-corrected chi connectivity index (χ0v) is 18.6. The van der Waals surface area contributed by atoms with Gasteiger partial charge in [0.25, 0.3) is 0 Å². The number of alkyl halides is 4. The van der Waals surface area contributed by atoms with Gasteiger partial charge in [-0.05, 0) is 43.7 Å². The molecule has 4 rings (SSSR count). The molecular weight excluding hydrogens is 447 g/mol. The van der Waals surface area contributed by atoms with Gasteiger partial charge in [-0.25, -0.2) is 0 Å². The van der Waals surface area contributed by atoms with Crippen LogP contribution in [-0.4, -0.2) is 55.9 Å². The van der Waals surface area contributed by atoms with Crippen LogP contribution in [-0.2, 0) is 0 Å². The lowest BCUT2D eigenvalue weighted by Crippen LogP contribution is -2.51. The first-order valence-electron chi connectivity index (χ1n) is 10.4. The number of halogens is 4. The third-order valence-electron chi connectivity index (χ3n) is 5.48. The van der Waals surface area contributed by atoms with Gasteiger partial charge in [0.2, 0.25) is 0 Å². The molecule has 1 saturated heterocycles. The molecule has 0 aromatic heterocycles. The molecule has 0 radical (unpaired) electrons. The highest BCUT2D eigenvalue weighted by atomic mass is 35.5. The van der Waals surface area contributed by atoms with Gasteiger partial charge in [-0.1, -0.05) is 23.9 Å². The molecule has 2 heterocycles. The largest absolute Gasteiger partial charge is 0.573 e. The molecule has 2 aliphatic rings. The average molecular weight is 472 g/mol. The smallest absolute Gasteiger partial charge is 0.406 e. The number of fused-ring (bicyclic) bond motifs is 2. The van der Waals surface area contributed by atoms with E-state index in [0.29, 0.717) is 18.5 Å². The number of anilines is 2. The number of piperazine rings is 1. The number of ether oxygens (including phenoxy) is 1. The number of hydrogen-bond donors (Lipinski definition) is 1. The summed E-state index contributed by atoms with van der Waals surface area (Å²) < 4.78 is 42.4. The van der Waals surface area contributed by atoms with Crippen molar-refractivity contribution in [3.8, 4) is 5.75 Å². The molecule has 1 unspecified atom stereocenters. The van der Waals surface area contributed by atoms with Crippen molar-refractivity contribution in [3.63, 3.8) is 0 Å². The number of rotatable bonds is 7. The van der Waals surface area contributed by atoms with Crippen LogP contribution in [0.1, 0.15) is 12.8 Å². The first-order chi connectivity index (χ1) is 14.9. The Morgan fingerprint density at radius 2 is 1.90 bits per heavy atom. The second-order valence-corrected chi connectivity index (χ2v) is 9.14. The van der Waals surface area contributed by atoms with E-state index in [1.165, 1.54) is 12.1 Å². The molecule has 0 bridgehead atoms. The fraction of sp³-hybridized carbons (Fsp3) is 0.455. The normalized spacial score (nSPS) is 19.1. The van der Waals surface area contributed by atoms with Gasteiger partial charge in [-0.2, -0.15) is 0 Å². The SMILES string of the molecule is FC(F)(F)Oc1ccc2c(c1)N(CCCN1CCNC(CCCl)C1)c1ccccc1S2. The summed E-state index contributed by atoms with van der Waals surface area (Å²) in [5, 5.41) is 3.50. The van der Waals surface area contributed by atoms with Crippen LogP contribution in [0.5, 0.6) is 5.75 Å². The lowest BCUT2D eigenvalue weighted by atomic mass is 10.1. The Bertz CT molecular complexity index is 897. The molecule has 1 atom stereocenters. The quantitative estimate of drug-likeness (QED) is 0.540. The van der Waals surface area contributed by atoms with E-state index < -0.39 is 6.36 Å². The number of para-hydroxylation sites is 1. The minimum atomic E-state index is -4.71. The highest BCUT2D eigenvalue weighted by molar-refractivity contribution is 7.99. The summed E-state index contributed by atoms with van der Waals surface area (Å²) in [5.74, 6) is 0.453. The number of benzene rings is 2. The molecule has 2 aromatic carbocycles. The molecular formula is C22H25ClF3N3OS. The van der Waals surface area contributed by atoms with Crippen LogP contribution in [0.4, 0.5) is 24.5 Å². The molecule has 9 heteroatoms. The van der Waals surface area contributed by atoms with Gasteiger partial charge in [-0.3, -0.25) is 0 Å². The number of hydrogen-bond acceptors (Lipinski definition) is 5. The molecule has 0 saturated carbocycles. The van der Waals surface area contributed by atoms with Gasteiger partial charge in [0.05, 0.1) is 11.4 Å². The summed E-state index contributed by atoms with van der Waals surface area (Å²) in [6, 6.07) is 13.0. The first kappa shape index (κ1) is 22.6. The van der Waals surface area contributed by atoms with Crippen LogP contribution in [0.2, 0.25) is 0 Å². The van der Waals surface area contributed by atoms with Crippen molar-refractivity contribution in [2.75, 3.05) is 43.5 Å². The van der Waals surface area contributed by atoms with Gasteiger partial charge in [-0.15, -0.1) is 24.8 Å². The zero-order chi connectivity index (χ0) is 21.8. The van der Waals surface area contributed by atoms with Crippen molar-refractivity contribution in [1.29, 1.82) is 0 Å². The Hall–Kier alpha value is -1.61. The Balaban J connectivity index is 1.49. The summed E-state index contributed by atoms with van der Waals surface area (Å²) in [5.41, 5.74) is 1.77. The molecule has 31 heavy (non-hydrogen) atoms. The monoisotopic (exact) mass is 471 g/mol. The topological polar surface area (TPSA) is 27.7 Å². The summed E-state index contributed by atoms with van der Waals surface area (Å²) in [6.45, 7) is 4.56. The van der Waals surface area contributed by atoms with Crippen LogP contribution < -0.4 is 15.0 Å². The molecule has 1 N–H and O–H groups in total. The maximum Gasteiger partial charge on any atom is 0.573 e. The molecule has 168 valence electrons. The lowest BCUT2D eigenvalue weighted by Gasteiger charge is -2.36. The lowest BCUT2D eigenvalue weighted by molar-refractivity contribution is -0.274. The standard InChI is InChI=1S/C22H25ClF3N3OS/c23-9-8-16-15-28(13-10-27-16)11-3-12-29-18-4-1-2-5-20(18)31-21-7-6-17(14-19(21)29)30-22(24,25)26/h1-2,4-7,14,16,27H,3,8-13,15H2. The van der Waals surface area contributed by atoms with Gasteiger partial charge >= 0.3 is 6.36 Å². The van der Waals surface area contributed by atoms with Crippen molar-refractivity contribution < 1.29 is 17.9 Å². The van der Waals surface area contributed by atoms with E-state index in [4.69, 9.17) is 11.6 Å². The summed E-state index contributed by atoms with van der Waals surface area (Å²) in [6.07, 6.45) is -2.86. The fourth-order valence-corrected chi connectivity index (χ4v) is 5.46. The van der Waals surface area contributed by atoms with Gasteiger partial charge in [0.1, 0.15) is 5.75 Å². The third-order valence-corrected chi connectivity index (χ3v) is 6.83. The van der Waals surface area contributed by atoms with E-state index in [-0.39, 0.29) is 5.75 Å².